The highest BCUT2D eigenvalue weighted by molar-refractivity contribution is 7.91. The number of morpholine rings is 1. The van der Waals surface area contributed by atoms with Crippen LogP contribution in [0.1, 0.15) is 5.56 Å². The first-order valence-corrected chi connectivity index (χ1v) is 7.35. The van der Waals surface area contributed by atoms with Crippen molar-refractivity contribution in [2.24, 2.45) is 10.1 Å². The minimum Gasteiger partial charge on any atom is -0.382 e. The number of anilines is 2. The fourth-order valence-corrected chi connectivity index (χ4v) is 3.14. The first-order chi connectivity index (χ1) is 9.07. The van der Waals surface area contributed by atoms with Gasteiger partial charge in [0, 0.05) is 13.1 Å². The molecule has 0 bridgehead atoms. The molecule has 1 saturated heterocycles. The van der Waals surface area contributed by atoms with E-state index in [1.54, 1.807) is 12.1 Å². The second-order valence-electron chi connectivity index (χ2n) is 4.35. The molecule has 2 aliphatic heterocycles. The molecule has 0 aliphatic carbocycles. The second-order valence-corrected chi connectivity index (χ2v) is 5.69. The van der Waals surface area contributed by atoms with E-state index in [0.717, 1.165) is 18.8 Å². The average molecular weight is 282 g/mol. The number of nitrogens with zero attached hydrogens (tertiary/aromatic N) is 2. The monoisotopic (exact) mass is 282 g/mol. The summed E-state index contributed by atoms with van der Waals surface area (Å²) in [6.45, 7) is 2.78. The highest BCUT2D eigenvalue weighted by Crippen LogP contribution is 2.31. The Morgan fingerprint density at radius 2 is 2.05 bits per heavy atom. The van der Waals surface area contributed by atoms with Gasteiger partial charge in [0.15, 0.2) is 0 Å². The molecule has 2 heterocycles. The highest BCUT2D eigenvalue weighted by atomic mass is 32.2. The summed E-state index contributed by atoms with van der Waals surface area (Å²) >= 11 is 0. The molecule has 2 aliphatic rings. The van der Waals surface area contributed by atoms with Gasteiger partial charge in [0.25, 0.3) is 0 Å². The van der Waals surface area contributed by atoms with Crippen molar-refractivity contribution in [3.8, 4) is 0 Å². The van der Waals surface area contributed by atoms with Crippen LogP contribution in [-0.4, -0.2) is 40.6 Å². The average Bonchev–Trinajstić information content (AvgIpc) is 2.37. The molecule has 7 nitrogen and oxygen atoms in total. The summed E-state index contributed by atoms with van der Waals surface area (Å²) in [6, 6.07) is 5.38. The zero-order valence-electron chi connectivity index (χ0n) is 10.2. The number of hydrogen-bond donors (Lipinski definition) is 2. The molecule has 1 aromatic rings. The molecule has 0 spiro atoms. The molecule has 3 N–H and O–H groups in total. The van der Waals surface area contributed by atoms with Gasteiger partial charge in [0.05, 0.1) is 30.2 Å². The number of fused-ring (bicyclic) bond motifs is 1. The summed E-state index contributed by atoms with van der Waals surface area (Å²) in [4.78, 5) is 2.12. The van der Waals surface area contributed by atoms with Crippen molar-refractivity contribution in [2.45, 2.75) is 0 Å². The SMILES string of the molecule is NC1=NS(=O)(=O)Nc2cccc(N3CCOCC3)c21. The molecule has 102 valence electrons. The molecule has 0 unspecified atom stereocenters. The minimum absolute atomic E-state index is 0.0239. The number of nitrogens with one attached hydrogen (secondary N) is 1. The maximum absolute atomic E-state index is 11.5. The molecule has 0 atom stereocenters. The molecule has 0 radical (unpaired) electrons. The Labute approximate surface area is 111 Å². The lowest BCUT2D eigenvalue weighted by atomic mass is 10.1. The molecular weight excluding hydrogens is 268 g/mol. The zero-order valence-corrected chi connectivity index (χ0v) is 11.0. The summed E-state index contributed by atoms with van der Waals surface area (Å²) in [5, 5.41) is 0. The zero-order chi connectivity index (χ0) is 13.5. The summed E-state index contributed by atoms with van der Waals surface area (Å²) in [7, 11) is -3.72. The van der Waals surface area contributed by atoms with Gasteiger partial charge in [-0.3, -0.25) is 4.72 Å². The van der Waals surface area contributed by atoms with Gasteiger partial charge >= 0.3 is 10.2 Å². The fraction of sp³-hybridized carbons (Fsp3) is 0.364. The van der Waals surface area contributed by atoms with Gasteiger partial charge in [0.1, 0.15) is 5.84 Å². The normalized spacial score (nSPS) is 21.3. The smallest absolute Gasteiger partial charge is 0.344 e. The fourth-order valence-electron chi connectivity index (χ4n) is 2.30. The van der Waals surface area contributed by atoms with Gasteiger partial charge in [-0.15, -0.1) is 4.40 Å². The predicted octanol–water partition coefficient (Wildman–Crippen LogP) is -0.101. The van der Waals surface area contributed by atoms with Gasteiger partial charge in [0.2, 0.25) is 0 Å². The lowest BCUT2D eigenvalue weighted by Gasteiger charge is -2.31. The Morgan fingerprint density at radius 1 is 1.32 bits per heavy atom. The van der Waals surface area contributed by atoms with Crippen LogP contribution in [0.15, 0.2) is 22.6 Å². The van der Waals surface area contributed by atoms with Crippen LogP contribution in [0.4, 0.5) is 11.4 Å². The topological polar surface area (TPSA) is 97.0 Å². The quantitative estimate of drug-likeness (QED) is 0.749. The molecule has 0 saturated carbocycles. The van der Waals surface area contributed by atoms with Crippen LogP contribution in [0.2, 0.25) is 0 Å². The van der Waals surface area contributed by atoms with Gasteiger partial charge < -0.3 is 15.4 Å². The van der Waals surface area contributed by atoms with Crippen LogP contribution in [0.25, 0.3) is 0 Å². The third kappa shape index (κ3) is 2.24. The van der Waals surface area contributed by atoms with Crippen molar-refractivity contribution in [3.05, 3.63) is 23.8 Å². The van der Waals surface area contributed by atoms with E-state index in [1.807, 2.05) is 6.07 Å². The van der Waals surface area contributed by atoms with Gasteiger partial charge in [-0.05, 0) is 12.1 Å². The first kappa shape index (κ1) is 12.2. The van der Waals surface area contributed by atoms with E-state index >= 15 is 0 Å². The molecule has 3 rings (SSSR count). The van der Waals surface area contributed by atoms with Crippen molar-refractivity contribution < 1.29 is 13.2 Å². The summed E-state index contributed by atoms with van der Waals surface area (Å²) in [5.74, 6) is 0.0239. The lowest BCUT2D eigenvalue weighted by Crippen LogP contribution is -2.38. The molecular formula is C11H14N4O3S. The molecule has 8 heteroatoms. The van der Waals surface area contributed by atoms with E-state index in [4.69, 9.17) is 10.5 Å². The van der Waals surface area contributed by atoms with Crippen LogP contribution < -0.4 is 15.4 Å². The largest absolute Gasteiger partial charge is 0.382 e. The third-order valence-electron chi connectivity index (χ3n) is 3.11. The van der Waals surface area contributed by atoms with E-state index in [-0.39, 0.29) is 5.84 Å². The number of nitrogens with two attached hydrogens (primary N) is 1. The number of rotatable bonds is 1. The van der Waals surface area contributed by atoms with Gasteiger partial charge in [-0.1, -0.05) is 6.07 Å². The predicted molar refractivity (Wildman–Crippen MR) is 72.7 cm³/mol. The van der Waals surface area contributed by atoms with Crippen molar-refractivity contribution in [1.82, 2.24) is 0 Å². The Balaban J connectivity index is 2.09. The Kier molecular flexibility index (Phi) is 2.83. The Morgan fingerprint density at radius 3 is 2.79 bits per heavy atom. The Hall–Kier alpha value is -1.80. The molecule has 1 aromatic carbocycles. The van der Waals surface area contributed by atoms with Crippen molar-refractivity contribution >= 4 is 27.4 Å². The van der Waals surface area contributed by atoms with Crippen molar-refractivity contribution in [1.29, 1.82) is 0 Å². The third-order valence-corrected chi connectivity index (χ3v) is 4.02. The molecule has 1 fully saturated rings. The summed E-state index contributed by atoms with van der Waals surface area (Å²) < 4.78 is 34.2. The first-order valence-electron chi connectivity index (χ1n) is 5.91. The van der Waals surface area contributed by atoms with E-state index in [0.29, 0.717) is 24.5 Å². The maximum Gasteiger partial charge on any atom is 0.344 e. The van der Waals surface area contributed by atoms with Crippen molar-refractivity contribution in [2.75, 3.05) is 35.9 Å². The number of benzene rings is 1. The number of hydrogen-bond acceptors (Lipinski definition) is 5. The van der Waals surface area contributed by atoms with Crippen LogP contribution in [0.3, 0.4) is 0 Å². The molecule has 0 amide bonds. The summed E-state index contributed by atoms with van der Waals surface area (Å²) in [6.07, 6.45) is 0. The molecule has 19 heavy (non-hydrogen) atoms. The lowest BCUT2D eigenvalue weighted by molar-refractivity contribution is 0.122. The minimum atomic E-state index is -3.72. The van der Waals surface area contributed by atoms with Gasteiger partial charge in [-0.25, -0.2) is 0 Å². The number of amidine groups is 1. The van der Waals surface area contributed by atoms with Crippen LogP contribution in [0.5, 0.6) is 0 Å². The highest BCUT2D eigenvalue weighted by Gasteiger charge is 2.26. The Bertz CT molecular complexity index is 635. The molecule has 0 aromatic heterocycles. The van der Waals surface area contributed by atoms with Crippen LogP contribution in [0, 0.1) is 0 Å². The van der Waals surface area contributed by atoms with E-state index < -0.39 is 10.2 Å². The van der Waals surface area contributed by atoms with E-state index in [1.165, 1.54) is 0 Å². The van der Waals surface area contributed by atoms with E-state index in [9.17, 15) is 8.42 Å². The van der Waals surface area contributed by atoms with Crippen molar-refractivity contribution in [3.63, 3.8) is 0 Å². The number of ether oxygens (including phenoxy) is 1. The van der Waals surface area contributed by atoms with Crippen LogP contribution >= 0.6 is 0 Å². The van der Waals surface area contributed by atoms with Gasteiger partial charge in [-0.2, -0.15) is 8.42 Å². The standard InChI is InChI=1S/C11H14N4O3S/c12-11-10-8(13-19(16,17)14-11)2-1-3-9(10)15-4-6-18-7-5-15/h1-3,13H,4-7H2,(H2,12,14). The van der Waals surface area contributed by atoms with Crippen LogP contribution in [-0.2, 0) is 14.9 Å². The maximum atomic E-state index is 11.5. The second kappa shape index (κ2) is 4.39. The summed E-state index contributed by atoms with van der Waals surface area (Å²) in [5.41, 5.74) is 7.79. The van der Waals surface area contributed by atoms with E-state index in [2.05, 4.69) is 14.0 Å².